The molecule has 0 unspecified atom stereocenters. The monoisotopic (exact) mass is 223 g/mol. The third-order valence-electron chi connectivity index (χ3n) is 2.29. The average molecular weight is 224 g/mol. The van der Waals surface area contributed by atoms with Crippen LogP contribution in [0.3, 0.4) is 0 Å². The molecule has 0 bridgehead atoms. The van der Waals surface area contributed by atoms with Crippen molar-refractivity contribution in [2.24, 2.45) is 0 Å². The maximum atomic E-state index is 11.3. The van der Waals surface area contributed by atoms with E-state index in [0.717, 1.165) is 10.9 Å². The fourth-order valence-electron chi connectivity index (χ4n) is 1.62. The third-order valence-corrected chi connectivity index (χ3v) is 2.51. The van der Waals surface area contributed by atoms with Gasteiger partial charge in [0.25, 0.3) is 0 Å². The van der Waals surface area contributed by atoms with Crippen LogP contribution < -0.4 is 4.74 Å². The highest BCUT2D eigenvalue weighted by atomic mass is 35.5. The molecule has 3 nitrogen and oxygen atoms in total. The molecule has 4 heteroatoms. The Morgan fingerprint density at radius 2 is 2.20 bits per heavy atom. The number of halogens is 1. The molecule has 1 heterocycles. The van der Waals surface area contributed by atoms with Gasteiger partial charge in [-0.25, -0.2) is 0 Å². The molecule has 78 valence electrons. The van der Waals surface area contributed by atoms with Gasteiger partial charge < -0.3 is 4.74 Å². The Morgan fingerprint density at radius 3 is 2.80 bits per heavy atom. The van der Waals surface area contributed by atoms with Crippen LogP contribution in [0.4, 0.5) is 0 Å². The molecule has 2 rings (SSSR count). The molecular formula is C11H10ClNO2. The van der Waals surface area contributed by atoms with Crippen LogP contribution in [0.25, 0.3) is 10.9 Å². The molecule has 1 aromatic heterocycles. The lowest BCUT2D eigenvalue weighted by Crippen LogP contribution is -2.02. The van der Waals surface area contributed by atoms with E-state index in [4.69, 9.17) is 16.3 Å². The van der Waals surface area contributed by atoms with E-state index in [1.54, 1.807) is 30.0 Å². The van der Waals surface area contributed by atoms with Gasteiger partial charge in [0.15, 0.2) is 0 Å². The van der Waals surface area contributed by atoms with E-state index in [1.807, 2.05) is 6.07 Å². The summed E-state index contributed by atoms with van der Waals surface area (Å²) in [7, 11) is 1.58. The molecule has 0 aliphatic heterocycles. The molecule has 0 amide bonds. The second kappa shape index (κ2) is 3.59. The highest BCUT2D eigenvalue weighted by Gasteiger charge is 2.09. The molecule has 0 aliphatic rings. The highest BCUT2D eigenvalue weighted by Crippen LogP contribution is 2.30. The number of hydrogen-bond acceptors (Lipinski definition) is 2. The Bertz CT molecular complexity index is 531. The van der Waals surface area contributed by atoms with Crippen LogP contribution in [0, 0.1) is 0 Å². The number of fused-ring (bicyclic) bond motifs is 1. The van der Waals surface area contributed by atoms with Crippen LogP contribution >= 0.6 is 11.6 Å². The summed E-state index contributed by atoms with van der Waals surface area (Å²) in [6.45, 7) is 1.51. The summed E-state index contributed by atoms with van der Waals surface area (Å²) < 4.78 is 6.74. The molecule has 0 N–H and O–H groups in total. The summed E-state index contributed by atoms with van der Waals surface area (Å²) in [6.07, 6.45) is 1.71. The van der Waals surface area contributed by atoms with Crippen LogP contribution in [-0.4, -0.2) is 17.6 Å². The lowest BCUT2D eigenvalue weighted by Gasteiger charge is -2.04. The van der Waals surface area contributed by atoms with Crippen molar-refractivity contribution in [1.29, 1.82) is 0 Å². The van der Waals surface area contributed by atoms with E-state index in [-0.39, 0.29) is 5.91 Å². The minimum absolute atomic E-state index is 0.0469. The Hall–Kier alpha value is -1.48. The van der Waals surface area contributed by atoms with Gasteiger partial charge in [-0.3, -0.25) is 9.36 Å². The van der Waals surface area contributed by atoms with Crippen molar-refractivity contribution in [3.8, 4) is 5.75 Å². The van der Waals surface area contributed by atoms with Gasteiger partial charge in [-0.05, 0) is 18.2 Å². The minimum Gasteiger partial charge on any atom is -0.496 e. The predicted octanol–water partition coefficient (Wildman–Crippen LogP) is 2.96. The predicted molar refractivity (Wildman–Crippen MR) is 59.8 cm³/mol. The van der Waals surface area contributed by atoms with Crippen molar-refractivity contribution in [3.05, 3.63) is 29.4 Å². The smallest absolute Gasteiger partial charge is 0.227 e. The average Bonchev–Trinajstić information content (AvgIpc) is 2.59. The van der Waals surface area contributed by atoms with Gasteiger partial charge in [-0.2, -0.15) is 0 Å². The van der Waals surface area contributed by atoms with Gasteiger partial charge in [0.05, 0.1) is 12.6 Å². The number of benzene rings is 1. The van der Waals surface area contributed by atoms with Crippen LogP contribution in [0.1, 0.15) is 11.7 Å². The number of rotatable bonds is 1. The topological polar surface area (TPSA) is 31.2 Å². The van der Waals surface area contributed by atoms with Crippen molar-refractivity contribution >= 4 is 28.4 Å². The normalized spacial score (nSPS) is 10.6. The quantitative estimate of drug-likeness (QED) is 0.744. The molecule has 0 spiro atoms. The summed E-state index contributed by atoms with van der Waals surface area (Å²) in [6, 6.07) is 5.32. The van der Waals surface area contributed by atoms with Crippen LogP contribution in [0.5, 0.6) is 5.75 Å². The molecule has 0 radical (unpaired) electrons. The summed E-state index contributed by atoms with van der Waals surface area (Å²) in [5.41, 5.74) is 0.770. The zero-order valence-corrected chi connectivity index (χ0v) is 9.21. The summed E-state index contributed by atoms with van der Waals surface area (Å²) in [5.74, 6) is 0.631. The lowest BCUT2D eigenvalue weighted by molar-refractivity contribution is 0.0941. The Labute approximate surface area is 92.2 Å². The van der Waals surface area contributed by atoms with Gasteiger partial charge in [0, 0.05) is 23.5 Å². The summed E-state index contributed by atoms with van der Waals surface area (Å²) in [5, 5.41) is 1.44. The number of carbonyl (C=O) groups is 1. The second-order valence-electron chi connectivity index (χ2n) is 3.25. The standard InChI is InChI=1S/C11H10ClNO2/c1-7(14)13-4-3-9-10(13)5-8(12)6-11(9)15-2/h3-6H,1-2H3. The van der Waals surface area contributed by atoms with E-state index in [1.165, 1.54) is 6.92 Å². The van der Waals surface area contributed by atoms with Gasteiger partial charge in [-0.15, -0.1) is 0 Å². The number of ether oxygens (including phenoxy) is 1. The Morgan fingerprint density at radius 1 is 1.47 bits per heavy atom. The zero-order valence-electron chi connectivity index (χ0n) is 8.45. The summed E-state index contributed by atoms with van der Waals surface area (Å²) >= 11 is 5.93. The molecule has 2 aromatic rings. The second-order valence-corrected chi connectivity index (χ2v) is 3.68. The van der Waals surface area contributed by atoms with Crippen molar-refractivity contribution in [3.63, 3.8) is 0 Å². The molecule has 1 aromatic carbocycles. The largest absolute Gasteiger partial charge is 0.496 e. The fourth-order valence-corrected chi connectivity index (χ4v) is 1.82. The van der Waals surface area contributed by atoms with E-state index >= 15 is 0 Å². The molecule has 0 aliphatic carbocycles. The van der Waals surface area contributed by atoms with Crippen molar-refractivity contribution < 1.29 is 9.53 Å². The number of nitrogens with zero attached hydrogens (tertiary/aromatic N) is 1. The van der Waals surface area contributed by atoms with Crippen molar-refractivity contribution in [1.82, 2.24) is 4.57 Å². The zero-order chi connectivity index (χ0) is 11.0. The minimum atomic E-state index is -0.0469. The van der Waals surface area contributed by atoms with Crippen LogP contribution in [0.15, 0.2) is 24.4 Å². The molecule has 0 fully saturated rings. The first kappa shape index (κ1) is 10.1. The van der Waals surface area contributed by atoms with Crippen molar-refractivity contribution in [2.75, 3.05) is 7.11 Å². The van der Waals surface area contributed by atoms with Gasteiger partial charge in [0.2, 0.25) is 5.91 Å². The van der Waals surface area contributed by atoms with E-state index < -0.39 is 0 Å². The Balaban J connectivity index is 2.80. The van der Waals surface area contributed by atoms with Crippen LogP contribution in [0.2, 0.25) is 5.02 Å². The van der Waals surface area contributed by atoms with E-state index in [2.05, 4.69) is 0 Å². The lowest BCUT2D eigenvalue weighted by atomic mass is 10.2. The fraction of sp³-hybridized carbons (Fsp3) is 0.182. The number of hydrogen-bond donors (Lipinski definition) is 0. The van der Waals surface area contributed by atoms with E-state index in [9.17, 15) is 4.79 Å². The van der Waals surface area contributed by atoms with Crippen molar-refractivity contribution in [2.45, 2.75) is 6.92 Å². The Kier molecular flexibility index (Phi) is 2.40. The number of aromatic nitrogens is 1. The number of carbonyl (C=O) groups excluding carboxylic acids is 1. The first-order valence-corrected chi connectivity index (χ1v) is 4.87. The summed E-state index contributed by atoms with van der Waals surface area (Å²) in [4.78, 5) is 11.3. The number of methoxy groups -OCH3 is 1. The third kappa shape index (κ3) is 1.59. The maximum Gasteiger partial charge on any atom is 0.227 e. The SMILES string of the molecule is COc1cc(Cl)cc2c1ccn2C(C)=O. The van der Waals surface area contributed by atoms with Gasteiger partial charge in [0.1, 0.15) is 5.75 Å². The maximum absolute atomic E-state index is 11.3. The molecule has 0 saturated carbocycles. The molecule has 0 saturated heterocycles. The van der Waals surface area contributed by atoms with Gasteiger partial charge in [-0.1, -0.05) is 11.6 Å². The molecule has 0 atom stereocenters. The van der Waals surface area contributed by atoms with E-state index in [0.29, 0.717) is 10.8 Å². The van der Waals surface area contributed by atoms with Gasteiger partial charge >= 0.3 is 0 Å². The first-order chi connectivity index (χ1) is 7.13. The van der Waals surface area contributed by atoms with Crippen LogP contribution in [-0.2, 0) is 0 Å². The molecular weight excluding hydrogens is 214 g/mol. The highest BCUT2D eigenvalue weighted by molar-refractivity contribution is 6.31. The molecule has 15 heavy (non-hydrogen) atoms. The first-order valence-electron chi connectivity index (χ1n) is 4.49.